The third-order valence-corrected chi connectivity index (χ3v) is 4.27. The molecule has 0 heterocycles. The Labute approximate surface area is 155 Å². The van der Waals surface area contributed by atoms with E-state index in [-0.39, 0.29) is 23.3 Å². The molecular formula is C21H42N2O2. The van der Waals surface area contributed by atoms with E-state index in [0.29, 0.717) is 6.42 Å². The summed E-state index contributed by atoms with van der Waals surface area (Å²) < 4.78 is 0. The Morgan fingerprint density at radius 1 is 0.840 bits per heavy atom. The molecule has 25 heavy (non-hydrogen) atoms. The predicted octanol–water partition coefficient (Wildman–Crippen LogP) is 4.96. The first kappa shape index (κ1) is 23.9. The highest BCUT2D eigenvalue weighted by Crippen LogP contribution is 2.11. The van der Waals surface area contributed by atoms with Gasteiger partial charge in [0.05, 0.1) is 0 Å². The summed E-state index contributed by atoms with van der Waals surface area (Å²) in [7, 11) is 0. The lowest BCUT2D eigenvalue weighted by molar-refractivity contribution is -0.131. The molecule has 148 valence electrons. The summed E-state index contributed by atoms with van der Waals surface area (Å²) in [4.78, 5) is 24.5. The fraction of sp³-hybridized carbons (Fsp3) is 0.905. The van der Waals surface area contributed by atoms with Crippen molar-refractivity contribution >= 4 is 11.8 Å². The smallest absolute Gasteiger partial charge is 0.243 e. The second kappa shape index (κ2) is 13.2. The summed E-state index contributed by atoms with van der Waals surface area (Å²) in [5, 5.41) is 5.87. The first-order valence-corrected chi connectivity index (χ1v) is 10.3. The van der Waals surface area contributed by atoms with Gasteiger partial charge < -0.3 is 10.6 Å². The predicted molar refractivity (Wildman–Crippen MR) is 107 cm³/mol. The molecule has 4 nitrogen and oxygen atoms in total. The van der Waals surface area contributed by atoms with Gasteiger partial charge in [0, 0.05) is 12.0 Å². The number of rotatable bonds is 13. The third kappa shape index (κ3) is 13.9. The van der Waals surface area contributed by atoms with Crippen LogP contribution in [0.4, 0.5) is 0 Å². The van der Waals surface area contributed by atoms with Gasteiger partial charge in [-0.05, 0) is 33.1 Å². The molecule has 0 fully saturated rings. The Balaban J connectivity index is 3.95. The van der Waals surface area contributed by atoms with Crippen LogP contribution in [0.1, 0.15) is 106 Å². The maximum atomic E-state index is 12.3. The van der Waals surface area contributed by atoms with Crippen LogP contribution in [0.3, 0.4) is 0 Å². The number of hydrogen-bond acceptors (Lipinski definition) is 2. The number of unbranched alkanes of at least 4 members (excludes halogenated alkanes) is 8. The molecule has 0 aliphatic rings. The highest BCUT2D eigenvalue weighted by molar-refractivity contribution is 5.88. The summed E-state index contributed by atoms with van der Waals surface area (Å²) in [6.45, 7) is 12.0. The lowest BCUT2D eigenvalue weighted by atomic mass is 10.0. The maximum Gasteiger partial charge on any atom is 0.243 e. The van der Waals surface area contributed by atoms with Crippen LogP contribution in [0, 0.1) is 5.92 Å². The van der Waals surface area contributed by atoms with Gasteiger partial charge in [0.1, 0.15) is 6.04 Å². The van der Waals surface area contributed by atoms with Gasteiger partial charge in [0.15, 0.2) is 0 Å². The molecule has 1 unspecified atom stereocenters. The van der Waals surface area contributed by atoms with Gasteiger partial charge in [-0.25, -0.2) is 0 Å². The second-order valence-corrected chi connectivity index (χ2v) is 8.61. The van der Waals surface area contributed by atoms with E-state index in [4.69, 9.17) is 0 Å². The fourth-order valence-corrected chi connectivity index (χ4v) is 2.82. The molecule has 2 amide bonds. The van der Waals surface area contributed by atoms with Gasteiger partial charge in [-0.15, -0.1) is 0 Å². The Kier molecular flexibility index (Phi) is 12.6. The van der Waals surface area contributed by atoms with Crippen LogP contribution in [0.15, 0.2) is 0 Å². The molecule has 0 aromatic carbocycles. The van der Waals surface area contributed by atoms with Crippen LogP contribution < -0.4 is 10.6 Å². The van der Waals surface area contributed by atoms with E-state index in [2.05, 4.69) is 17.6 Å². The summed E-state index contributed by atoms with van der Waals surface area (Å²) in [6, 6.07) is -0.453. The minimum absolute atomic E-state index is 0.00861. The van der Waals surface area contributed by atoms with Gasteiger partial charge in [0.2, 0.25) is 11.8 Å². The zero-order valence-corrected chi connectivity index (χ0v) is 17.5. The van der Waals surface area contributed by atoms with Crippen molar-refractivity contribution in [2.24, 2.45) is 5.92 Å². The monoisotopic (exact) mass is 354 g/mol. The van der Waals surface area contributed by atoms with Crippen molar-refractivity contribution in [3.05, 3.63) is 0 Å². The van der Waals surface area contributed by atoms with Gasteiger partial charge >= 0.3 is 0 Å². The number of nitrogens with one attached hydrogen (secondary N) is 2. The molecule has 2 N–H and O–H groups in total. The molecular weight excluding hydrogens is 312 g/mol. The highest BCUT2D eigenvalue weighted by Gasteiger charge is 2.26. The largest absolute Gasteiger partial charge is 0.350 e. The van der Waals surface area contributed by atoms with Crippen molar-refractivity contribution < 1.29 is 9.59 Å². The molecule has 0 aliphatic heterocycles. The topological polar surface area (TPSA) is 58.2 Å². The normalized spacial score (nSPS) is 12.9. The molecule has 0 aromatic heterocycles. The van der Waals surface area contributed by atoms with Crippen molar-refractivity contribution in [2.45, 2.75) is 117 Å². The molecule has 0 aromatic rings. The van der Waals surface area contributed by atoms with Crippen LogP contribution in [0.2, 0.25) is 0 Å². The van der Waals surface area contributed by atoms with E-state index < -0.39 is 6.04 Å². The molecule has 0 radical (unpaired) electrons. The average molecular weight is 355 g/mol. The van der Waals surface area contributed by atoms with E-state index >= 15 is 0 Å². The van der Waals surface area contributed by atoms with Crippen LogP contribution in [0.5, 0.6) is 0 Å². The highest BCUT2D eigenvalue weighted by atomic mass is 16.2. The lowest BCUT2D eigenvalue weighted by Crippen LogP contribution is -2.54. The maximum absolute atomic E-state index is 12.3. The number of carbonyl (C=O) groups excluding carboxylic acids is 2. The molecule has 1 atom stereocenters. The molecule has 0 bridgehead atoms. The van der Waals surface area contributed by atoms with E-state index in [1.165, 1.54) is 44.9 Å². The van der Waals surface area contributed by atoms with Crippen molar-refractivity contribution in [1.29, 1.82) is 0 Å². The first-order valence-electron chi connectivity index (χ1n) is 10.3. The SMILES string of the molecule is CCCCCCCCCCCC(=O)NC(C(=O)NC(C)(C)C)C(C)C. The summed E-state index contributed by atoms with van der Waals surface area (Å²) in [6.07, 6.45) is 11.6. The number of amides is 2. The first-order chi connectivity index (χ1) is 11.7. The second-order valence-electron chi connectivity index (χ2n) is 8.61. The lowest BCUT2D eigenvalue weighted by Gasteiger charge is -2.27. The number of hydrogen-bond donors (Lipinski definition) is 2. The minimum Gasteiger partial charge on any atom is -0.350 e. The quantitative estimate of drug-likeness (QED) is 0.459. The van der Waals surface area contributed by atoms with Gasteiger partial charge in [-0.3, -0.25) is 9.59 Å². The van der Waals surface area contributed by atoms with Crippen molar-refractivity contribution in [3.63, 3.8) is 0 Å². The summed E-state index contributed by atoms with van der Waals surface area (Å²) in [5.74, 6) is -0.0249. The van der Waals surface area contributed by atoms with Crippen molar-refractivity contribution in [1.82, 2.24) is 10.6 Å². The Bertz CT molecular complexity index is 373. The van der Waals surface area contributed by atoms with Gasteiger partial charge in [-0.2, -0.15) is 0 Å². The Hall–Kier alpha value is -1.06. The molecule has 0 spiro atoms. The summed E-state index contributed by atoms with van der Waals surface area (Å²) >= 11 is 0. The molecule has 0 saturated heterocycles. The van der Waals surface area contributed by atoms with E-state index in [0.717, 1.165) is 12.8 Å². The van der Waals surface area contributed by atoms with Crippen LogP contribution in [-0.2, 0) is 9.59 Å². The van der Waals surface area contributed by atoms with E-state index in [9.17, 15) is 9.59 Å². The Morgan fingerprint density at radius 2 is 1.32 bits per heavy atom. The Morgan fingerprint density at radius 3 is 1.76 bits per heavy atom. The molecule has 0 saturated carbocycles. The minimum atomic E-state index is -0.453. The van der Waals surface area contributed by atoms with E-state index in [1.807, 2.05) is 34.6 Å². The molecule has 0 rings (SSSR count). The van der Waals surface area contributed by atoms with Gasteiger partial charge in [-0.1, -0.05) is 72.1 Å². The zero-order chi connectivity index (χ0) is 19.3. The third-order valence-electron chi connectivity index (χ3n) is 4.27. The van der Waals surface area contributed by atoms with Crippen LogP contribution in [0.25, 0.3) is 0 Å². The zero-order valence-electron chi connectivity index (χ0n) is 17.5. The van der Waals surface area contributed by atoms with Gasteiger partial charge in [0.25, 0.3) is 0 Å². The van der Waals surface area contributed by atoms with E-state index in [1.54, 1.807) is 0 Å². The van der Waals surface area contributed by atoms with Crippen LogP contribution in [-0.4, -0.2) is 23.4 Å². The van der Waals surface area contributed by atoms with Crippen molar-refractivity contribution in [2.75, 3.05) is 0 Å². The van der Waals surface area contributed by atoms with Crippen molar-refractivity contribution in [3.8, 4) is 0 Å². The average Bonchev–Trinajstić information content (AvgIpc) is 2.48. The summed E-state index contributed by atoms with van der Waals surface area (Å²) in [5.41, 5.74) is -0.286. The molecule has 0 aliphatic carbocycles. The van der Waals surface area contributed by atoms with Crippen LogP contribution >= 0.6 is 0 Å². The number of carbonyl (C=O) groups is 2. The standard InChI is InChI=1S/C21H42N2O2/c1-7-8-9-10-11-12-13-14-15-16-18(24)22-19(17(2)3)20(25)23-21(4,5)6/h17,19H,7-16H2,1-6H3,(H,22,24)(H,23,25). The fourth-order valence-electron chi connectivity index (χ4n) is 2.82. The molecule has 4 heteroatoms.